The number of nitrogens with zero attached hydrogens (tertiary/aromatic N) is 3. The normalized spacial score (nSPS) is 12.2. The summed E-state index contributed by atoms with van der Waals surface area (Å²) in [5.74, 6) is -0.164. The fraction of sp³-hybridized carbons (Fsp3) is 0.308. The summed E-state index contributed by atoms with van der Waals surface area (Å²) in [4.78, 5) is 16.3. The summed E-state index contributed by atoms with van der Waals surface area (Å²) in [6.45, 7) is 4.04. The molecule has 0 N–H and O–H groups in total. The minimum Gasteiger partial charge on any atom is -0.333 e. The van der Waals surface area contributed by atoms with Gasteiger partial charge in [0, 0.05) is 16.8 Å². The lowest BCUT2D eigenvalue weighted by Gasteiger charge is -2.23. The number of aryl methyl sites for hydroxylation is 1. The molecule has 19 heavy (non-hydrogen) atoms. The van der Waals surface area contributed by atoms with Crippen LogP contribution in [-0.2, 0) is 0 Å². The fourth-order valence-electron chi connectivity index (χ4n) is 1.66. The molecule has 0 saturated carbocycles. The van der Waals surface area contributed by atoms with E-state index in [4.69, 9.17) is 11.6 Å². The van der Waals surface area contributed by atoms with Crippen molar-refractivity contribution in [2.24, 2.45) is 0 Å². The Kier molecular flexibility index (Phi) is 4.17. The largest absolute Gasteiger partial charge is 0.333 e. The Morgan fingerprint density at radius 1 is 1.32 bits per heavy atom. The maximum Gasteiger partial charge on any atom is 0.274 e. The summed E-state index contributed by atoms with van der Waals surface area (Å²) in [6, 6.07) is 7.25. The molecule has 0 aliphatic carbocycles. The van der Waals surface area contributed by atoms with Gasteiger partial charge in [-0.2, -0.15) is 0 Å². The third-order valence-electron chi connectivity index (χ3n) is 2.93. The van der Waals surface area contributed by atoms with Crippen molar-refractivity contribution >= 4 is 28.8 Å². The first-order chi connectivity index (χ1) is 8.99. The third-order valence-corrected chi connectivity index (χ3v) is 4.30. The molecule has 2 heterocycles. The van der Waals surface area contributed by atoms with Crippen LogP contribution in [0.1, 0.15) is 33.2 Å². The zero-order valence-electron chi connectivity index (χ0n) is 10.9. The van der Waals surface area contributed by atoms with Crippen LogP contribution in [0.3, 0.4) is 0 Å². The average molecular weight is 296 g/mol. The van der Waals surface area contributed by atoms with E-state index < -0.39 is 0 Å². The Morgan fingerprint density at radius 3 is 2.58 bits per heavy atom. The lowest BCUT2D eigenvalue weighted by Crippen LogP contribution is -2.30. The Labute approximate surface area is 121 Å². The van der Waals surface area contributed by atoms with E-state index in [9.17, 15) is 4.79 Å². The van der Waals surface area contributed by atoms with Crippen LogP contribution < -0.4 is 0 Å². The van der Waals surface area contributed by atoms with Crippen LogP contribution in [-0.4, -0.2) is 28.1 Å². The second-order valence-electron chi connectivity index (χ2n) is 4.28. The molecule has 4 nitrogen and oxygen atoms in total. The van der Waals surface area contributed by atoms with Crippen LogP contribution in [0.15, 0.2) is 24.3 Å². The molecular weight excluding hydrogens is 282 g/mol. The lowest BCUT2D eigenvalue weighted by molar-refractivity contribution is 0.0738. The van der Waals surface area contributed by atoms with Crippen molar-refractivity contribution in [2.75, 3.05) is 7.05 Å². The van der Waals surface area contributed by atoms with Crippen molar-refractivity contribution in [3.8, 4) is 0 Å². The van der Waals surface area contributed by atoms with Crippen LogP contribution >= 0.6 is 22.9 Å². The molecule has 0 bridgehead atoms. The van der Waals surface area contributed by atoms with Crippen molar-refractivity contribution in [3.63, 3.8) is 0 Å². The van der Waals surface area contributed by atoms with Gasteiger partial charge in [-0.25, -0.2) is 0 Å². The van der Waals surface area contributed by atoms with E-state index in [-0.39, 0.29) is 17.1 Å². The van der Waals surface area contributed by atoms with Gasteiger partial charge in [0.25, 0.3) is 5.91 Å². The molecule has 0 aromatic carbocycles. The van der Waals surface area contributed by atoms with Crippen LogP contribution in [0.4, 0.5) is 0 Å². The predicted molar refractivity (Wildman–Crippen MR) is 76.6 cm³/mol. The number of halogens is 1. The van der Waals surface area contributed by atoms with Gasteiger partial charge in [-0.15, -0.1) is 21.5 Å². The highest BCUT2D eigenvalue weighted by Gasteiger charge is 2.21. The Hall–Kier alpha value is -1.46. The Balaban J connectivity index is 2.17. The number of hydrogen-bond acceptors (Lipinski definition) is 4. The van der Waals surface area contributed by atoms with Crippen molar-refractivity contribution in [3.05, 3.63) is 44.9 Å². The predicted octanol–water partition coefficient (Wildman–Crippen LogP) is 3.33. The number of thiophene rings is 1. The van der Waals surface area contributed by atoms with Gasteiger partial charge < -0.3 is 4.90 Å². The molecule has 100 valence electrons. The molecule has 2 aromatic heterocycles. The number of carbonyl (C=O) groups is 1. The zero-order valence-corrected chi connectivity index (χ0v) is 12.5. The first kappa shape index (κ1) is 14.0. The molecule has 2 aromatic rings. The van der Waals surface area contributed by atoms with Gasteiger partial charge in [0.05, 0.1) is 6.04 Å². The number of carbonyl (C=O) groups excluding carboxylic acids is 1. The van der Waals surface area contributed by atoms with Crippen molar-refractivity contribution in [2.45, 2.75) is 19.9 Å². The average Bonchev–Trinajstić information content (AvgIpc) is 2.84. The zero-order chi connectivity index (χ0) is 14.0. The summed E-state index contributed by atoms with van der Waals surface area (Å²) in [5.41, 5.74) is 0.298. The number of aromatic nitrogens is 2. The number of rotatable bonds is 3. The summed E-state index contributed by atoms with van der Waals surface area (Å²) < 4.78 is 0. The van der Waals surface area contributed by atoms with Gasteiger partial charge in [-0.3, -0.25) is 4.79 Å². The minimum absolute atomic E-state index is 0.00341. The van der Waals surface area contributed by atoms with Gasteiger partial charge in [-0.05, 0) is 38.1 Å². The second-order valence-corrected chi connectivity index (χ2v) is 5.99. The van der Waals surface area contributed by atoms with Crippen LogP contribution in [0.2, 0.25) is 5.15 Å². The lowest BCUT2D eigenvalue weighted by atomic mass is 10.2. The smallest absolute Gasteiger partial charge is 0.274 e. The molecule has 0 aliphatic heterocycles. The fourth-order valence-corrected chi connectivity index (χ4v) is 2.73. The molecule has 1 amide bonds. The Morgan fingerprint density at radius 2 is 2.05 bits per heavy atom. The maximum absolute atomic E-state index is 12.3. The molecule has 6 heteroatoms. The van der Waals surface area contributed by atoms with Crippen LogP contribution in [0.25, 0.3) is 0 Å². The SMILES string of the molecule is Cc1ccc(C(C)N(C)C(=O)c2ccc(Cl)nn2)s1. The van der Waals surface area contributed by atoms with E-state index in [2.05, 4.69) is 16.3 Å². The van der Waals surface area contributed by atoms with Crippen molar-refractivity contribution in [1.82, 2.24) is 15.1 Å². The molecule has 0 aliphatic rings. The van der Waals surface area contributed by atoms with Gasteiger partial charge >= 0.3 is 0 Å². The third kappa shape index (κ3) is 3.11. The topological polar surface area (TPSA) is 46.1 Å². The van der Waals surface area contributed by atoms with Crippen LogP contribution in [0.5, 0.6) is 0 Å². The molecule has 2 rings (SSSR count). The molecule has 0 radical (unpaired) electrons. The first-order valence-electron chi connectivity index (χ1n) is 5.81. The number of amides is 1. The van der Waals surface area contributed by atoms with E-state index in [1.807, 2.05) is 19.9 Å². The van der Waals surface area contributed by atoms with E-state index in [0.29, 0.717) is 5.69 Å². The number of hydrogen-bond donors (Lipinski definition) is 0. The van der Waals surface area contributed by atoms with E-state index in [1.165, 1.54) is 4.88 Å². The quantitative estimate of drug-likeness (QED) is 0.872. The Bertz CT molecular complexity index is 582. The minimum atomic E-state index is -0.164. The standard InChI is InChI=1S/C13H14ClN3OS/c1-8-4-6-11(19-8)9(2)17(3)13(18)10-5-7-12(14)16-15-10/h4-7,9H,1-3H3. The summed E-state index contributed by atoms with van der Waals surface area (Å²) >= 11 is 7.35. The maximum atomic E-state index is 12.3. The van der Waals surface area contributed by atoms with Crippen LogP contribution in [0, 0.1) is 6.92 Å². The van der Waals surface area contributed by atoms with E-state index in [1.54, 1.807) is 35.4 Å². The highest BCUT2D eigenvalue weighted by molar-refractivity contribution is 7.12. The van der Waals surface area contributed by atoms with Gasteiger partial charge in [-0.1, -0.05) is 11.6 Å². The summed E-state index contributed by atoms with van der Waals surface area (Å²) in [6.07, 6.45) is 0. The molecule has 0 fully saturated rings. The molecule has 0 saturated heterocycles. The second kappa shape index (κ2) is 5.67. The molecule has 0 spiro atoms. The van der Waals surface area contributed by atoms with E-state index >= 15 is 0 Å². The van der Waals surface area contributed by atoms with Gasteiger partial charge in [0.2, 0.25) is 0 Å². The molecule has 1 unspecified atom stereocenters. The molecule has 1 atom stereocenters. The highest BCUT2D eigenvalue weighted by Crippen LogP contribution is 2.27. The first-order valence-corrected chi connectivity index (χ1v) is 7.01. The van der Waals surface area contributed by atoms with Gasteiger partial charge in [0.1, 0.15) is 0 Å². The highest BCUT2D eigenvalue weighted by atomic mass is 35.5. The van der Waals surface area contributed by atoms with Crippen molar-refractivity contribution in [1.29, 1.82) is 0 Å². The summed E-state index contributed by atoms with van der Waals surface area (Å²) in [5, 5.41) is 7.78. The van der Waals surface area contributed by atoms with E-state index in [0.717, 1.165) is 4.88 Å². The monoisotopic (exact) mass is 295 g/mol. The van der Waals surface area contributed by atoms with Gasteiger partial charge in [0.15, 0.2) is 10.8 Å². The van der Waals surface area contributed by atoms with Crippen molar-refractivity contribution < 1.29 is 4.79 Å². The summed E-state index contributed by atoms with van der Waals surface area (Å²) in [7, 11) is 1.76. The molecular formula is C13H14ClN3OS.